The van der Waals surface area contributed by atoms with Crippen molar-refractivity contribution in [2.45, 2.75) is 6.16 Å². The smallest absolute Gasteiger partial charge is 0.151 e. The van der Waals surface area contributed by atoms with Gasteiger partial charge < -0.3 is 17.0 Å². The largest absolute Gasteiger partial charge is 1.00 e. The highest BCUT2D eigenvalue weighted by Gasteiger charge is 2.45. The fourth-order valence-electron chi connectivity index (χ4n) is 5.57. The standard InChI is InChI=1S/C25H21BrP.C14H10Br2.C7H5BrO.BrH/c26-22-18-16-21(17-19-22)20-27(23-10-4-1-5-11-23,24-12-6-2-7-13-24)25-14-8-3-9-15-25;15-13-9-6-11(7-10-13)5-8-12-3-1-2-4-14(12)16;8-7-4-2-1-3-6(7)5-9;/h1-19H,20H2;1-10H;1-5H;1H/q+1;;;/p-1/b;8-5+;;. The molecule has 0 unspecified atom stereocenters. The highest BCUT2D eigenvalue weighted by atomic mass is 79.9. The molecule has 266 valence electrons. The summed E-state index contributed by atoms with van der Waals surface area (Å²) >= 11 is 13.7. The van der Waals surface area contributed by atoms with Crippen LogP contribution in [0.5, 0.6) is 0 Å². The molecule has 7 aromatic rings. The Kier molecular flexibility index (Phi) is 17.8. The van der Waals surface area contributed by atoms with Gasteiger partial charge in [0.1, 0.15) is 23.2 Å². The minimum Gasteiger partial charge on any atom is -1.00 e. The molecular formula is C46H36Br5OP. The van der Waals surface area contributed by atoms with Crippen LogP contribution in [-0.2, 0) is 6.16 Å². The van der Waals surface area contributed by atoms with E-state index >= 15 is 0 Å². The molecule has 0 aromatic heterocycles. The summed E-state index contributed by atoms with van der Waals surface area (Å²) in [6.07, 6.45) is 6.04. The predicted octanol–water partition coefficient (Wildman–Crippen LogP) is 10.6. The van der Waals surface area contributed by atoms with Crippen LogP contribution < -0.4 is 32.9 Å². The van der Waals surface area contributed by atoms with Gasteiger partial charge in [-0.05, 0) is 89.5 Å². The second-order valence-corrected chi connectivity index (χ2v) is 18.7. The summed E-state index contributed by atoms with van der Waals surface area (Å²) in [6, 6.07) is 65.6. The zero-order valence-corrected chi connectivity index (χ0v) is 37.4. The maximum Gasteiger partial charge on any atom is 0.151 e. The van der Waals surface area contributed by atoms with Crippen molar-refractivity contribution in [1.29, 1.82) is 0 Å². The third kappa shape index (κ3) is 12.4. The topological polar surface area (TPSA) is 17.1 Å². The first-order chi connectivity index (χ1) is 25.4. The molecule has 0 bridgehead atoms. The van der Waals surface area contributed by atoms with Gasteiger partial charge in [0, 0.05) is 23.5 Å². The van der Waals surface area contributed by atoms with Crippen LogP contribution in [0.4, 0.5) is 0 Å². The van der Waals surface area contributed by atoms with Crippen LogP contribution in [0.15, 0.2) is 206 Å². The molecule has 0 aliphatic rings. The number of carbonyl (C=O) groups excluding carboxylic acids is 1. The molecule has 0 N–H and O–H groups in total. The lowest BCUT2D eigenvalue weighted by Gasteiger charge is -2.27. The third-order valence-corrected chi connectivity index (χ3v) is 15.1. The van der Waals surface area contributed by atoms with Crippen molar-refractivity contribution in [3.8, 4) is 0 Å². The average molecular weight is 1040 g/mol. The van der Waals surface area contributed by atoms with E-state index in [4.69, 9.17) is 0 Å². The second kappa shape index (κ2) is 22.2. The van der Waals surface area contributed by atoms with Crippen LogP contribution in [0.3, 0.4) is 0 Å². The first-order valence-electron chi connectivity index (χ1n) is 16.6. The fourth-order valence-corrected chi connectivity index (χ4v) is 11.1. The van der Waals surface area contributed by atoms with Crippen molar-refractivity contribution in [1.82, 2.24) is 0 Å². The number of hydrogen-bond acceptors (Lipinski definition) is 1. The monoisotopic (exact) mass is 1030 g/mol. The Bertz CT molecular complexity index is 2060. The molecule has 7 rings (SSSR count). The Morgan fingerprint density at radius 1 is 0.415 bits per heavy atom. The van der Waals surface area contributed by atoms with Crippen LogP contribution in [0, 0.1) is 0 Å². The van der Waals surface area contributed by atoms with E-state index in [1.54, 1.807) is 6.07 Å². The van der Waals surface area contributed by atoms with Crippen LogP contribution in [0.2, 0.25) is 0 Å². The van der Waals surface area contributed by atoms with Gasteiger partial charge in [-0.2, -0.15) is 0 Å². The molecule has 0 radical (unpaired) electrons. The van der Waals surface area contributed by atoms with Gasteiger partial charge in [-0.25, -0.2) is 0 Å². The summed E-state index contributed by atoms with van der Waals surface area (Å²) in [6.45, 7) is 0. The number of aldehydes is 1. The van der Waals surface area contributed by atoms with E-state index < -0.39 is 7.26 Å². The summed E-state index contributed by atoms with van der Waals surface area (Å²) in [5.41, 5.74) is 4.44. The lowest BCUT2D eigenvalue weighted by atomic mass is 10.1. The maximum atomic E-state index is 10.2. The minimum atomic E-state index is -1.81. The van der Waals surface area contributed by atoms with E-state index in [2.05, 4.69) is 209 Å². The van der Waals surface area contributed by atoms with Gasteiger partial charge in [0.15, 0.2) is 6.29 Å². The molecule has 0 heterocycles. The Balaban J connectivity index is 0.000000204. The fraction of sp³-hybridized carbons (Fsp3) is 0.0217. The summed E-state index contributed by atoms with van der Waals surface area (Å²) in [5, 5.41) is 4.26. The summed E-state index contributed by atoms with van der Waals surface area (Å²) in [7, 11) is -1.81. The molecule has 0 saturated heterocycles. The molecule has 7 heteroatoms. The number of halogens is 5. The highest BCUT2D eigenvalue weighted by molar-refractivity contribution is 9.11. The normalized spacial score (nSPS) is 10.6. The van der Waals surface area contributed by atoms with Crippen molar-refractivity contribution in [2.24, 2.45) is 0 Å². The van der Waals surface area contributed by atoms with E-state index in [1.165, 1.54) is 32.6 Å². The molecular weight excluding hydrogens is 999 g/mol. The number of rotatable bonds is 8. The lowest BCUT2D eigenvalue weighted by Crippen LogP contribution is -3.00. The van der Waals surface area contributed by atoms with Gasteiger partial charge in [0.05, 0.1) is 6.16 Å². The van der Waals surface area contributed by atoms with Crippen LogP contribution >= 0.6 is 71.0 Å². The first-order valence-corrected chi connectivity index (χ1v) is 21.7. The number of hydrogen-bond donors (Lipinski definition) is 0. The van der Waals surface area contributed by atoms with Crippen molar-refractivity contribution < 1.29 is 21.8 Å². The Morgan fingerprint density at radius 3 is 1.19 bits per heavy atom. The van der Waals surface area contributed by atoms with E-state index in [1.807, 2.05) is 48.5 Å². The summed E-state index contributed by atoms with van der Waals surface area (Å²) < 4.78 is 4.18. The van der Waals surface area contributed by atoms with Gasteiger partial charge >= 0.3 is 0 Å². The molecule has 0 saturated carbocycles. The van der Waals surface area contributed by atoms with Crippen molar-refractivity contribution in [2.75, 3.05) is 0 Å². The van der Waals surface area contributed by atoms with Gasteiger partial charge in [0.25, 0.3) is 0 Å². The lowest BCUT2D eigenvalue weighted by molar-refractivity contribution is -0.0000159. The van der Waals surface area contributed by atoms with E-state index in [-0.39, 0.29) is 17.0 Å². The number of benzene rings is 7. The van der Waals surface area contributed by atoms with Gasteiger partial charge in [-0.3, -0.25) is 4.79 Å². The summed E-state index contributed by atoms with van der Waals surface area (Å²) in [5.74, 6) is 0. The van der Waals surface area contributed by atoms with Crippen molar-refractivity contribution >= 4 is 105 Å². The molecule has 0 fully saturated rings. The van der Waals surface area contributed by atoms with Crippen LogP contribution in [0.1, 0.15) is 27.0 Å². The SMILES string of the molecule is Brc1ccc(/C=C/c2ccccc2Br)cc1.Brc1ccc(C[P+](c2ccccc2)(c2ccccc2)c2ccccc2)cc1.O=Cc1ccccc1Br.[Br-]. The predicted molar refractivity (Wildman–Crippen MR) is 240 cm³/mol. The molecule has 53 heavy (non-hydrogen) atoms. The summed E-state index contributed by atoms with van der Waals surface area (Å²) in [4.78, 5) is 10.2. The van der Waals surface area contributed by atoms with Crippen molar-refractivity contribution in [3.63, 3.8) is 0 Å². The van der Waals surface area contributed by atoms with E-state index in [0.717, 1.165) is 30.3 Å². The van der Waals surface area contributed by atoms with E-state index in [9.17, 15) is 4.79 Å². The van der Waals surface area contributed by atoms with Crippen LogP contribution in [0.25, 0.3) is 12.2 Å². The third-order valence-electron chi connectivity index (χ3n) is 8.19. The molecule has 0 spiro atoms. The van der Waals surface area contributed by atoms with Crippen LogP contribution in [-0.4, -0.2) is 6.29 Å². The first kappa shape index (κ1) is 42.5. The zero-order valence-electron chi connectivity index (χ0n) is 28.6. The highest BCUT2D eigenvalue weighted by Crippen LogP contribution is 2.58. The molecule has 0 amide bonds. The molecule has 1 nitrogen and oxygen atoms in total. The van der Waals surface area contributed by atoms with Crippen molar-refractivity contribution in [3.05, 3.63) is 228 Å². The average Bonchev–Trinajstić information content (AvgIpc) is 3.20. The Labute approximate surface area is 358 Å². The van der Waals surface area contributed by atoms with Gasteiger partial charge in [0.2, 0.25) is 0 Å². The quantitative estimate of drug-likeness (QED) is 0.0842. The zero-order chi connectivity index (χ0) is 36.6. The maximum absolute atomic E-state index is 10.2. The van der Waals surface area contributed by atoms with Gasteiger partial charge in [-0.1, -0.05) is 191 Å². The number of carbonyl (C=O) groups is 1. The molecule has 0 atom stereocenters. The minimum absolute atomic E-state index is 0. The Hall–Kier alpha value is -3.22. The Morgan fingerprint density at radius 2 is 0.792 bits per heavy atom. The molecule has 7 aromatic carbocycles. The second-order valence-electron chi connectivity index (χ2n) is 11.6. The van der Waals surface area contributed by atoms with Gasteiger partial charge in [-0.15, -0.1) is 0 Å². The molecule has 0 aliphatic carbocycles. The van der Waals surface area contributed by atoms with E-state index in [0.29, 0.717) is 5.56 Å². The molecule has 0 aliphatic heterocycles.